The summed E-state index contributed by atoms with van der Waals surface area (Å²) in [6.45, 7) is 6.71. The lowest BCUT2D eigenvalue weighted by molar-refractivity contribution is 0.313. The second kappa shape index (κ2) is 6.99. The molecule has 116 valence electrons. The zero-order valence-corrected chi connectivity index (χ0v) is 13.7. The van der Waals surface area contributed by atoms with E-state index in [1.807, 2.05) is 0 Å². The largest absolute Gasteiger partial charge is 0.368 e. The van der Waals surface area contributed by atoms with E-state index in [0.717, 1.165) is 50.2 Å². The van der Waals surface area contributed by atoms with Crippen molar-refractivity contribution in [3.63, 3.8) is 0 Å². The summed E-state index contributed by atoms with van der Waals surface area (Å²) in [5, 5.41) is 4.35. The smallest absolute Gasteiger partial charge is 0.0642 e. The second-order valence-corrected chi connectivity index (χ2v) is 6.88. The fourth-order valence-corrected chi connectivity index (χ4v) is 3.72. The van der Waals surface area contributed by atoms with Gasteiger partial charge >= 0.3 is 0 Å². The van der Waals surface area contributed by atoms with E-state index in [1.165, 1.54) is 30.5 Å². The molecule has 0 aliphatic carbocycles. The highest BCUT2D eigenvalue weighted by atomic mass is 35.5. The summed E-state index contributed by atoms with van der Waals surface area (Å²) in [5.74, 6) is 0.816. The van der Waals surface area contributed by atoms with E-state index in [4.69, 9.17) is 11.6 Å². The molecule has 0 atom stereocenters. The minimum absolute atomic E-state index is 0.816. The molecule has 3 rings (SSSR count). The molecule has 1 N–H and O–H groups in total. The molecule has 1 aromatic carbocycles. The number of likely N-dealkylation sites (N-methyl/N-ethyl adjacent to an activating group) is 1. The molecule has 1 aromatic rings. The molecule has 4 heteroatoms. The molecule has 0 unspecified atom stereocenters. The van der Waals surface area contributed by atoms with Crippen LogP contribution < -0.4 is 10.2 Å². The molecule has 0 bridgehead atoms. The third-order valence-electron chi connectivity index (χ3n) is 4.84. The van der Waals surface area contributed by atoms with E-state index >= 15 is 0 Å². The van der Waals surface area contributed by atoms with Gasteiger partial charge in [-0.05, 0) is 63.0 Å². The summed E-state index contributed by atoms with van der Waals surface area (Å²) in [6, 6.07) is 6.70. The molecule has 2 aliphatic rings. The lowest BCUT2D eigenvalue weighted by atomic mass is 9.91. The van der Waals surface area contributed by atoms with Gasteiger partial charge in [0.15, 0.2) is 0 Å². The van der Waals surface area contributed by atoms with Gasteiger partial charge in [0, 0.05) is 26.2 Å². The van der Waals surface area contributed by atoms with Gasteiger partial charge < -0.3 is 15.1 Å². The first-order chi connectivity index (χ1) is 10.2. The predicted octanol–water partition coefficient (Wildman–Crippen LogP) is 2.63. The predicted molar refractivity (Wildman–Crippen MR) is 90.5 cm³/mol. The molecule has 0 aromatic heterocycles. The van der Waals surface area contributed by atoms with Crippen LogP contribution >= 0.6 is 11.6 Å². The van der Waals surface area contributed by atoms with Crippen LogP contribution in [-0.4, -0.2) is 51.2 Å². The van der Waals surface area contributed by atoms with Crippen molar-refractivity contribution < 1.29 is 0 Å². The van der Waals surface area contributed by atoms with Gasteiger partial charge in [-0.15, -0.1) is 0 Å². The topological polar surface area (TPSA) is 18.5 Å². The van der Waals surface area contributed by atoms with Crippen molar-refractivity contribution in [1.82, 2.24) is 10.2 Å². The maximum absolute atomic E-state index is 6.55. The van der Waals surface area contributed by atoms with Gasteiger partial charge in [-0.25, -0.2) is 0 Å². The standard InChI is InChI=1S/C17H26ClN3/c1-20-8-10-21(11-9-20)17-3-2-15(13-16(17)18)12-14-4-6-19-7-5-14/h2-3,13-14,19H,4-12H2,1H3. The zero-order valence-electron chi connectivity index (χ0n) is 12.9. The molecular formula is C17H26ClN3. The minimum atomic E-state index is 0.816. The summed E-state index contributed by atoms with van der Waals surface area (Å²) in [5.41, 5.74) is 2.60. The van der Waals surface area contributed by atoms with Gasteiger partial charge in [0.1, 0.15) is 0 Å². The van der Waals surface area contributed by atoms with Gasteiger partial charge in [-0.2, -0.15) is 0 Å². The number of anilines is 1. The Morgan fingerprint density at radius 1 is 1.14 bits per heavy atom. The zero-order chi connectivity index (χ0) is 14.7. The van der Waals surface area contributed by atoms with E-state index in [0.29, 0.717) is 0 Å². The number of piperazine rings is 1. The Morgan fingerprint density at radius 2 is 1.86 bits per heavy atom. The molecule has 2 heterocycles. The van der Waals surface area contributed by atoms with Crippen molar-refractivity contribution in [2.75, 3.05) is 51.2 Å². The molecule has 0 amide bonds. The number of nitrogens with zero attached hydrogens (tertiary/aromatic N) is 2. The summed E-state index contributed by atoms with van der Waals surface area (Å²) in [6.07, 6.45) is 3.75. The van der Waals surface area contributed by atoms with Crippen LogP contribution in [0.15, 0.2) is 18.2 Å². The monoisotopic (exact) mass is 307 g/mol. The van der Waals surface area contributed by atoms with Crippen LogP contribution in [0.2, 0.25) is 5.02 Å². The Labute approximate surface area is 133 Å². The van der Waals surface area contributed by atoms with Crippen molar-refractivity contribution in [3.05, 3.63) is 28.8 Å². The normalized spacial score (nSPS) is 21.7. The second-order valence-electron chi connectivity index (χ2n) is 6.47. The van der Waals surface area contributed by atoms with E-state index in [1.54, 1.807) is 0 Å². The van der Waals surface area contributed by atoms with Crippen molar-refractivity contribution in [2.45, 2.75) is 19.3 Å². The SMILES string of the molecule is CN1CCN(c2ccc(CC3CCNCC3)cc2Cl)CC1. The third kappa shape index (κ3) is 3.91. The summed E-state index contributed by atoms with van der Waals surface area (Å²) >= 11 is 6.55. The van der Waals surface area contributed by atoms with Gasteiger partial charge in [-0.1, -0.05) is 17.7 Å². The molecule has 2 aliphatic heterocycles. The average Bonchev–Trinajstić information content (AvgIpc) is 2.50. The molecule has 0 spiro atoms. The summed E-state index contributed by atoms with van der Waals surface area (Å²) in [7, 11) is 2.18. The van der Waals surface area contributed by atoms with Crippen molar-refractivity contribution in [3.8, 4) is 0 Å². The fourth-order valence-electron chi connectivity index (χ4n) is 3.40. The number of piperidine rings is 1. The van der Waals surface area contributed by atoms with Crippen LogP contribution in [0.1, 0.15) is 18.4 Å². The highest BCUT2D eigenvalue weighted by molar-refractivity contribution is 6.33. The molecule has 2 fully saturated rings. The van der Waals surface area contributed by atoms with Crippen molar-refractivity contribution in [1.29, 1.82) is 0 Å². The van der Waals surface area contributed by atoms with Gasteiger partial charge in [0.2, 0.25) is 0 Å². The van der Waals surface area contributed by atoms with Crippen LogP contribution in [0.25, 0.3) is 0 Å². The number of rotatable bonds is 3. The fraction of sp³-hybridized carbons (Fsp3) is 0.647. The number of halogens is 1. The van der Waals surface area contributed by atoms with Gasteiger partial charge in [-0.3, -0.25) is 0 Å². The van der Waals surface area contributed by atoms with E-state index in [2.05, 4.69) is 40.4 Å². The third-order valence-corrected chi connectivity index (χ3v) is 5.14. The average molecular weight is 308 g/mol. The molecule has 2 saturated heterocycles. The maximum atomic E-state index is 6.55. The molecule has 0 saturated carbocycles. The number of hydrogen-bond acceptors (Lipinski definition) is 3. The number of benzene rings is 1. The summed E-state index contributed by atoms with van der Waals surface area (Å²) < 4.78 is 0. The van der Waals surface area contributed by atoms with Crippen molar-refractivity contribution in [2.24, 2.45) is 5.92 Å². The Morgan fingerprint density at radius 3 is 2.52 bits per heavy atom. The lowest BCUT2D eigenvalue weighted by Crippen LogP contribution is -2.44. The van der Waals surface area contributed by atoms with E-state index < -0.39 is 0 Å². The van der Waals surface area contributed by atoms with Crippen LogP contribution in [0.3, 0.4) is 0 Å². The Hall–Kier alpha value is -0.770. The van der Waals surface area contributed by atoms with Gasteiger partial charge in [0.05, 0.1) is 10.7 Å². The maximum Gasteiger partial charge on any atom is 0.0642 e. The lowest BCUT2D eigenvalue weighted by Gasteiger charge is -2.34. The van der Waals surface area contributed by atoms with E-state index in [9.17, 15) is 0 Å². The quantitative estimate of drug-likeness (QED) is 0.926. The van der Waals surface area contributed by atoms with Crippen molar-refractivity contribution >= 4 is 17.3 Å². The molecular weight excluding hydrogens is 282 g/mol. The highest BCUT2D eigenvalue weighted by Gasteiger charge is 2.18. The highest BCUT2D eigenvalue weighted by Crippen LogP contribution is 2.29. The molecule has 3 nitrogen and oxygen atoms in total. The summed E-state index contributed by atoms with van der Waals surface area (Å²) in [4.78, 5) is 4.78. The van der Waals surface area contributed by atoms with Crippen LogP contribution in [0.5, 0.6) is 0 Å². The number of nitrogens with one attached hydrogen (secondary N) is 1. The van der Waals surface area contributed by atoms with Crippen LogP contribution in [-0.2, 0) is 6.42 Å². The minimum Gasteiger partial charge on any atom is -0.368 e. The van der Waals surface area contributed by atoms with Crippen LogP contribution in [0, 0.1) is 5.92 Å². The molecule has 0 radical (unpaired) electrons. The Bertz CT molecular complexity index is 463. The molecule has 21 heavy (non-hydrogen) atoms. The first-order valence-electron chi connectivity index (χ1n) is 8.15. The first-order valence-corrected chi connectivity index (χ1v) is 8.53. The van der Waals surface area contributed by atoms with E-state index in [-0.39, 0.29) is 0 Å². The van der Waals surface area contributed by atoms with Crippen LogP contribution in [0.4, 0.5) is 5.69 Å². The number of hydrogen-bond donors (Lipinski definition) is 1. The Kier molecular flexibility index (Phi) is 5.04. The Balaban J connectivity index is 1.64. The first kappa shape index (κ1) is 15.1. The van der Waals surface area contributed by atoms with Gasteiger partial charge in [0.25, 0.3) is 0 Å².